The molecule has 0 aliphatic heterocycles. The molecule has 0 amide bonds. The van der Waals surface area contributed by atoms with Crippen LogP contribution in [-0.2, 0) is 5.41 Å². The minimum Gasteiger partial charge on any atom is -0.325 e. The number of rotatable bonds is 1. The third-order valence-corrected chi connectivity index (χ3v) is 2.27. The van der Waals surface area contributed by atoms with Crippen LogP contribution in [0.5, 0.6) is 0 Å². The van der Waals surface area contributed by atoms with Crippen molar-refractivity contribution >= 4 is 12.0 Å². The summed E-state index contributed by atoms with van der Waals surface area (Å²) in [6.45, 7) is 6.48. The first-order chi connectivity index (χ1) is 5.54. The number of benzene rings is 1. The molecule has 1 rings (SSSR count). The molecule has 0 heterocycles. The smallest absolute Gasteiger partial charge is 0.0353 e. The Morgan fingerprint density at radius 1 is 1.25 bits per heavy atom. The molecule has 12 heavy (non-hydrogen) atoms. The molecule has 1 aromatic rings. The van der Waals surface area contributed by atoms with Crippen molar-refractivity contribution in [3.63, 3.8) is 0 Å². The highest BCUT2D eigenvalue weighted by Crippen LogP contribution is 2.25. The van der Waals surface area contributed by atoms with E-state index >= 15 is 0 Å². The van der Waals surface area contributed by atoms with Gasteiger partial charge in [0.2, 0.25) is 0 Å². The highest BCUT2D eigenvalue weighted by atomic mass is 32.2. The Bertz CT molecular complexity index is 263. The van der Waals surface area contributed by atoms with Crippen molar-refractivity contribution in [1.82, 2.24) is 0 Å². The summed E-state index contributed by atoms with van der Waals surface area (Å²) in [5.74, 6) is 0. The Kier molecular flexibility index (Phi) is 2.80. The molecule has 0 bridgehead atoms. The Labute approximate surface area is 78.0 Å². The third-order valence-electron chi connectivity index (χ3n) is 1.81. The van der Waals surface area contributed by atoms with E-state index in [0.717, 1.165) is 16.9 Å². The number of hydrogen-bond donors (Lipinski definition) is 1. The highest BCUT2D eigenvalue weighted by Gasteiger charge is 2.13. The van der Waals surface area contributed by atoms with Crippen LogP contribution in [0, 0.1) is 0 Å². The molecule has 0 aliphatic carbocycles. The molecule has 0 aliphatic rings. The summed E-state index contributed by atoms with van der Waals surface area (Å²) >= 11 is 0.799. The van der Waals surface area contributed by atoms with Crippen LogP contribution in [0.2, 0.25) is 0 Å². The van der Waals surface area contributed by atoms with Gasteiger partial charge in [0.15, 0.2) is 0 Å². The van der Waals surface area contributed by atoms with Crippen molar-refractivity contribution in [2.24, 2.45) is 0 Å². The Morgan fingerprint density at radius 3 is 2.42 bits per heavy atom. The van der Waals surface area contributed by atoms with Gasteiger partial charge in [-0.3, -0.25) is 0 Å². The van der Waals surface area contributed by atoms with E-state index in [1.54, 1.807) is 0 Å². The topological polar surface area (TPSA) is 20.2 Å². The van der Waals surface area contributed by atoms with Crippen molar-refractivity contribution in [3.8, 4) is 0 Å². The van der Waals surface area contributed by atoms with Gasteiger partial charge in [-0.05, 0) is 23.1 Å². The molecular formula is C10H14OS. The quantitative estimate of drug-likeness (QED) is 0.670. The van der Waals surface area contributed by atoms with Crippen LogP contribution in [0.4, 0.5) is 0 Å². The maximum atomic E-state index is 8.84. The molecule has 66 valence electrons. The van der Waals surface area contributed by atoms with Gasteiger partial charge in [0.25, 0.3) is 0 Å². The lowest BCUT2D eigenvalue weighted by molar-refractivity contribution is 0.588. The normalized spacial score (nSPS) is 11.7. The summed E-state index contributed by atoms with van der Waals surface area (Å²) in [5, 5.41) is 0. The fourth-order valence-corrected chi connectivity index (χ4v) is 1.34. The van der Waals surface area contributed by atoms with E-state index in [4.69, 9.17) is 4.55 Å². The van der Waals surface area contributed by atoms with Gasteiger partial charge in [0, 0.05) is 16.9 Å². The molecule has 0 saturated carbocycles. The maximum Gasteiger partial charge on any atom is 0.0353 e. The van der Waals surface area contributed by atoms with Gasteiger partial charge in [-0.2, -0.15) is 0 Å². The molecule has 1 nitrogen and oxygen atoms in total. The van der Waals surface area contributed by atoms with Crippen LogP contribution in [0.1, 0.15) is 26.3 Å². The first-order valence-electron chi connectivity index (χ1n) is 3.96. The van der Waals surface area contributed by atoms with E-state index in [1.165, 1.54) is 5.56 Å². The first-order valence-corrected chi connectivity index (χ1v) is 4.73. The standard InChI is InChI=1S/C10H14OS/c1-10(2,3)8-5-4-6-9(7-8)12-11/h4-7,11H,1-3H3. The minimum absolute atomic E-state index is 0.158. The molecular weight excluding hydrogens is 168 g/mol. The summed E-state index contributed by atoms with van der Waals surface area (Å²) in [5.41, 5.74) is 1.41. The zero-order valence-electron chi connectivity index (χ0n) is 7.66. The number of hydrogen-bond acceptors (Lipinski definition) is 2. The van der Waals surface area contributed by atoms with Crippen molar-refractivity contribution in [2.45, 2.75) is 31.1 Å². The SMILES string of the molecule is CC(C)(C)c1cccc(SO)c1. The fourth-order valence-electron chi connectivity index (χ4n) is 1.02. The molecule has 0 aromatic heterocycles. The lowest BCUT2D eigenvalue weighted by atomic mass is 9.87. The van der Waals surface area contributed by atoms with Crippen LogP contribution in [-0.4, -0.2) is 4.55 Å². The molecule has 0 unspecified atom stereocenters. The van der Waals surface area contributed by atoms with Crippen molar-refractivity contribution in [2.75, 3.05) is 0 Å². The second-order valence-corrected chi connectivity index (χ2v) is 4.52. The van der Waals surface area contributed by atoms with E-state index in [0.29, 0.717) is 0 Å². The van der Waals surface area contributed by atoms with E-state index < -0.39 is 0 Å². The lowest BCUT2D eigenvalue weighted by Gasteiger charge is -2.19. The molecule has 1 aromatic carbocycles. The Hall–Kier alpha value is -0.470. The molecule has 0 saturated heterocycles. The predicted molar refractivity (Wildman–Crippen MR) is 53.6 cm³/mol. The van der Waals surface area contributed by atoms with Crippen LogP contribution >= 0.6 is 12.0 Å². The van der Waals surface area contributed by atoms with Gasteiger partial charge in [0.05, 0.1) is 0 Å². The van der Waals surface area contributed by atoms with Gasteiger partial charge in [0.1, 0.15) is 0 Å². The second-order valence-electron chi connectivity index (χ2n) is 3.87. The van der Waals surface area contributed by atoms with E-state index in [-0.39, 0.29) is 5.41 Å². The maximum absolute atomic E-state index is 8.84. The monoisotopic (exact) mass is 182 g/mol. The zero-order chi connectivity index (χ0) is 9.19. The van der Waals surface area contributed by atoms with Gasteiger partial charge >= 0.3 is 0 Å². The van der Waals surface area contributed by atoms with E-state index in [9.17, 15) is 0 Å². The summed E-state index contributed by atoms with van der Waals surface area (Å²) in [6.07, 6.45) is 0. The van der Waals surface area contributed by atoms with Crippen molar-refractivity contribution in [1.29, 1.82) is 0 Å². The zero-order valence-corrected chi connectivity index (χ0v) is 8.48. The average molecular weight is 182 g/mol. The Morgan fingerprint density at radius 2 is 1.92 bits per heavy atom. The third kappa shape index (κ3) is 2.26. The minimum atomic E-state index is 0.158. The largest absolute Gasteiger partial charge is 0.325 e. The molecule has 2 heteroatoms. The molecule has 1 N–H and O–H groups in total. The van der Waals surface area contributed by atoms with E-state index in [2.05, 4.69) is 26.8 Å². The van der Waals surface area contributed by atoms with Gasteiger partial charge in [-0.1, -0.05) is 32.9 Å². The summed E-state index contributed by atoms with van der Waals surface area (Å²) < 4.78 is 8.84. The summed E-state index contributed by atoms with van der Waals surface area (Å²) in [6, 6.07) is 7.98. The lowest BCUT2D eigenvalue weighted by Crippen LogP contribution is -2.10. The van der Waals surface area contributed by atoms with Gasteiger partial charge in [-0.25, -0.2) is 0 Å². The van der Waals surface area contributed by atoms with Crippen LogP contribution in [0.25, 0.3) is 0 Å². The molecule has 0 fully saturated rings. The highest BCUT2D eigenvalue weighted by molar-refractivity contribution is 7.93. The predicted octanol–water partition coefficient (Wildman–Crippen LogP) is 3.55. The van der Waals surface area contributed by atoms with Crippen LogP contribution in [0.3, 0.4) is 0 Å². The molecule has 0 radical (unpaired) electrons. The van der Waals surface area contributed by atoms with Crippen LogP contribution < -0.4 is 0 Å². The Balaban J connectivity index is 3.02. The summed E-state index contributed by atoms with van der Waals surface area (Å²) in [7, 11) is 0. The average Bonchev–Trinajstić information content (AvgIpc) is 2.03. The van der Waals surface area contributed by atoms with Crippen molar-refractivity contribution in [3.05, 3.63) is 29.8 Å². The van der Waals surface area contributed by atoms with Crippen LogP contribution in [0.15, 0.2) is 29.2 Å². The molecule has 0 spiro atoms. The van der Waals surface area contributed by atoms with Gasteiger partial charge in [-0.15, -0.1) is 0 Å². The summed E-state index contributed by atoms with van der Waals surface area (Å²) in [4.78, 5) is 0.905. The van der Waals surface area contributed by atoms with E-state index in [1.807, 2.05) is 18.2 Å². The fraction of sp³-hybridized carbons (Fsp3) is 0.400. The second kappa shape index (κ2) is 3.50. The molecule has 0 atom stereocenters. The van der Waals surface area contributed by atoms with Gasteiger partial charge < -0.3 is 4.55 Å². The van der Waals surface area contributed by atoms with Crippen molar-refractivity contribution < 1.29 is 4.55 Å². The first kappa shape index (κ1) is 9.62.